The number of nitrogens with one attached hydrogen (secondary N) is 2. The maximum absolute atomic E-state index is 12.7. The minimum absolute atomic E-state index is 0.289. The highest BCUT2D eigenvalue weighted by Gasteiger charge is 2.21. The first-order chi connectivity index (χ1) is 13.1. The van der Waals surface area contributed by atoms with E-state index in [1.807, 2.05) is 6.92 Å². The Morgan fingerprint density at radius 3 is 2.52 bits per heavy atom. The molecule has 2 amide bonds. The van der Waals surface area contributed by atoms with E-state index in [4.69, 9.17) is 21.1 Å². The fraction of sp³-hybridized carbons (Fsp3) is 0.300. The van der Waals surface area contributed by atoms with Crippen LogP contribution >= 0.6 is 11.6 Å². The molecule has 0 bridgehead atoms. The van der Waals surface area contributed by atoms with Gasteiger partial charge in [-0.15, -0.1) is 0 Å². The maximum atomic E-state index is 12.7. The predicted octanol–water partition coefficient (Wildman–Crippen LogP) is 3.51. The van der Waals surface area contributed by atoms with E-state index < -0.39 is 6.10 Å². The van der Waals surface area contributed by atoms with Crippen LogP contribution in [0, 0.1) is 0 Å². The molecule has 27 heavy (non-hydrogen) atoms. The number of benzene rings is 2. The summed E-state index contributed by atoms with van der Waals surface area (Å²) in [4.78, 5) is 25.0. The van der Waals surface area contributed by atoms with Crippen LogP contribution in [0.1, 0.15) is 23.7 Å². The molecule has 0 heterocycles. The van der Waals surface area contributed by atoms with Crippen molar-refractivity contribution in [2.24, 2.45) is 0 Å². The molecule has 7 heteroatoms. The molecule has 2 rings (SSSR count). The van der Waals surface area contributed by atoms with Crippen LogP contribution in [0.2, 0.25) is 5.02 Å². The van der Waals surface area contributed by atoms with Crippen molar-refractivity contribution in [2.75, 3.05) is 25.6 Å². The second kappa shape index (κ2) is 10.5. The summed E-state index contributed by atoms with van der Waals surface area (Å²) in [5.41, 5.74) is 0.785. The van der Waals surface area contributed by atoms with Gasteiger partial charge in [0.2, 0.25) is 0 Å². The van der Waals surface area contributed by atoms with E-state index in [1.54, 1.807) is 55.6 Å². The number of hydrogen-bond donors (Lipinski definition) is 2. The van der Waals surface area contributed by atoms with Crippen LogP contribution in [0.4, 0.5) is 5.69 Å². The van der Waals surface area contributed by atoms with Crippen LogP contribution in [0.3, 0.4) is 0 Å². The lowest BCUT2D eigenvalue weighted by Gasteiger charge is -2.19. The van der Waals surface area contributed by atoms with E-state index in [9.17, 15) is 9.59 Å². The molecule has 0 aliphatic rings. The number of ether oxygens (including phenoxy) is 2. The molecule has 144 valence electrons. The molecule has 0 saturated heterocycles. The summed E-state index contributed by atoms with van der Waals surface area (Å²) in [5, 5.41) is 5.95. The summed E-state index contributed by atoms with van der Waals surface area (Å²) >= 11 is 6.10. The summed E-state index contributed by atoms with van der Waals surface area (Å²) in [7, 11) is 1.56. The Morgan fingerprint density at radius 2 is 1.81 bits per heavy atom. The molecule has 0 aliphatic carbocycles. The number of amides is 2. The Labute approximate surface area is 163 Å². The highest BCUT2D eigenvalue weighted by Crippen LogP contribution is 2.25. The van der Waals surface area contributed by atoms with Gasteiger partial charge in [-0.25, -0.2) is 0 Å². The van der Waals surface area contributed by atoms with Crippen molar-refractivity contribution >= 4 is 29.1 Å². The molecule has 2 N–H and O–H groups in total. The summed E-state index contributed by atoms with van der Waals surface area (Å²) in [5.74, 6) is -0.204. The Morgan fingerprint density at radius 1 is 1.11 bits per heavy atom. The van der Waals surface area contributed by atoms with E-state index in [1.165, 1.54) is 0 Å². The van der Waals surface area contributed by atoms with E-state index in [2.05, 4.69) is 10.6 Å². The standard InChI is InChI=1S/C20H23ClN2O4/c1-3-17(27-18-11-7-5-9-15(18)21)20(25)23-16-10-6-4-8-14(16)19(24)22-12-13-26-2/h4-11,17H,3,12-13H2,1-2H3,(H,22,24)(H,23,25)/t17-/m1/s1. The first kappa shape index (κ1) is 20.7. The van der Waals surface area contributed by atoms with Crippen molar-refractivity contribution < 1.29 is 19.1 Å². The van der Waals surface area contributed by atoms with E-state index >= 15 is 0 Å². The zero-order valence-corrected chi connectivity index (χ0v) is 16.1. The molecule has 1 atom stereocenters. The van der Waals surface area contributed by atoms with Crippen molar-refractivity contribution in [2.45, 2.75) is 19.4 Å². The molecular weight excluding hydrogens is 368 g/mol. The van der Waals surface area contributed by atoms with Gasteiger partial charge in [-0.05, 0) is 30.7 Å². The Kier molecular flexibility index (Phi) is 8.10. The Bertz CT molecular complexity index is 782. The highest BCUT2D eigenvalue weighted by atomic mass is 35.5. The first-order valence-electron chi connectivity index (χ1n) is 8.65. The number of carbonyl (C=O) groups excluding carboxylic acids is 2. The smallest absolute Gasteiger partial charge is 0.265 e. The largest absolute Gasteiger partial charge is 0.479 e. The Hall–Kier alpha value is -2.57. The van der Waals surface area contributed by atoms with Gasteiger partial charge in [-0.1, -0.05) is 42.8 Å². The van der Waals surface area contributed by atoms with E-state index in [0.29, 0.717) is 41.6 Å². The van der Waals surface area contributed by atoms with Crippen molar-refractivity contribution in [1.82, 2.24) is 5.32 Å². The average Bonchev–Trinajstić information content (AvgIpc) is 2.67. The summed E-state index contributed by atoms with van der Waals surface area (Å²) in [6.45, 7) is 2.62. The maximum Gasteiger partial charge on any atom is 0.265 e. The molecule has 0 aliphatic heterocycles. The number of hydrogen-bond acceptors (Lipinski definition) is 4. The van der Waals surface area contributed by atoms with Crippen LogP contribution in [0.5, 0.6) is 5.75 Å². The van der Waals surface area contributed by atoms with E-state index in [0.717, 1.165) is 0 Å². The molecule has 0 unspecified atom stereocenters. The second-order valence-corrected chi connectivity index (χ2v) is 6.14. The summed E-state index contributed by atoms with van der Waals surface area (Å²) in [6.07, 6.45) is -0.297. The zero-order valence-electron chi connectivity index (χ0n) is 15.3. The van der Waals surface area contributed by atoms with Crippen molar-refractivity contribution in [1.29, 1.82) is 0 Å². The molecule has 2 aromatic carbocycles. The quantitative estimate of drug-likeness (QED) is 0.642. The van der Waals surface area contributed by atoms with Crippen molar-refractivity contribution in [3.63, 3.8) is 0 Å². The van der Waals surface area contributed by atoms with E-state index in [-0.39, 0.29) is 11.8 Å². The average molecular weight is 391 g/mol. The van der Waals surface area contributed by atoms with Gasteiger partial charge < -0.3 is 20.1 Å². The lowest BCUT2D eigenvalue weighted by molar-refractivity contribution is -0.122. The third-order valence-corrected chi connectivity index (χ3v) is 4.10. The lowest BCUT2D eigenvalue weighted by atomic mass is 10.1. The van der Waals surface area contributed by atoms with Gasteiger partial charge in [0.1, 0.15) is 5.75 Å². The van der Waals surface area contributed by atoms with Gasteiger partial charge in [0.05, 0.1) is 22.9 Å². The van der Waals surface area contributed by atoms with Gasteiger partial charge in [0.25, 0.3) is 11.8 Å². The molecule has 0 aromatic heterocycles. The van der Waals surface area contributed by atoms with Gasteiger partial charge in [-0.2, -0.15) is 0 Å². The van der Waals surface area contributed by atoms with Crippen LogP contribution < -0.4 is 15.4 Å². The third-order valence-electron chi connectivity index (χ3n) is 3.79. The van der Waals surface area contributed by atoms with Gasteiger partial charge in [0, 0.05) is 13.7 Å². The molecular formula is C20H23ClN2O4. The molecule has 0 spiro atoms. The topological polar surface area (TPSA) is 76.7 Å². The van der Waals surface area contributed by atoms with Crippen LogP contribution in [-0.4, -0.2) is 38.2 Å². The number of carbonyl (C=O) groups is 2. The minimum Gasteiger partial charge on any atom is -0.479 e. The fourth-order valence-electron chi connectivity index (χ4n) is 2.38. The molecule has 2 aromatic rings. The number of methoxy groups -OCH3 is 1. The summed E-state index contributed by atoms with van der Waals surface area (Å²) in [6, 6.07) is 13.8. The zero-order chi connectivity index (χ0) is 19.6. The number of halogens is 1. The molecule has 0 fully saturated rings. The SMILES string of the molecule is CC[C@@H](Oc1ccccc1Cl)C(=O)Nc1ccccc1C(=O)NCCOC. The second-order valence-electron chi connectivity index (χ2n) is 5.73. The number of anilines is 1. The van der Waals surface area contributed by atoms with Crippen molar-refractivity contribution in [3.8, 4) is 5.75 Å². The predicted molar refractivity (Wildman–Crippen MR) is 105 cm³/mol. The third kappa shape index (κ3) is 5.98. The lowest BCUT2D eigenvalue weighted by Crippen LogP contribution is -2.34. The van der Waals surface area contributed by atoms with Crippen molar-refractivity contribution in [3.05, 3.63) is 59.1 Å². The van der Waals surface area contributed by atoms with Crippen LogP contribution in [0.25, 0.3) is 0 Å². The molecule has 0 radical (unpaired) electrons. The summed E-state index contributed by atoms with van der Waals surface area (Å²) < 4.78 is 10.7. The number of rotatable bonds is 9. The molecule has 0 saturated carbocycles. The Balaban J connectivity index is 2.09. The van der Waals surface area contributed by atoms with Gasteiger partial charge in [-0.3, -0.25) is 9.59 Å². The monoisotopic (exact) mass is 390 g/mol. The minimum atomic E-state index is -0.741. The van der Waals surface area contributed by atoms with Gasteiger partial charge >= 0.3 is 0 Å². The van der Waals surface area contributed by atoms with Crippen LogP contribution in [-0.2, 0) is 9.53 Å². The van der Waals surface area contributed by atoms with Crippen LogP contribution in [0.15, 0.2) is 48.5 Å². The number of para-hydroxylation sites is 2. The molecule has 6 nitrogen and oxygen atoms in total. The normalized spacial score (nSPS) is 11.5. The fourth-order valence-corrected chi connectivity index (χ4v) is 2.56. The first-order valence-corrected chi connectivity index (χ1v) is 9.02. The highest BCUT2D eigenvalue weighted by molar-refractivity contribution is 6.32. The van der Waals surface area contributed by atoms with Gasteiger partial charge in [0.15, 0.2) is 6.10 Å².